The molecule has 4 aromatic carbocycles. The molecule has 0 heterocycles. The molecule has 0 bridgehead atoms. The number of nitro benzene ring substituents is 1. The Hall–Kier alpha value is -3.91. The Morgan fingerprint density at radius 3 is 2.04 bits per heavy atom. The topological polar surface area (TPSA) is 93.0 Å². The zero-order chi connectivity index (χ0) is 18.5. The number of rotatable bonds is 1. The number of nitrogens with zero attached hydrogens (tertiary/aromatic N) is 2. The summed E-state index contributed by atoms with van der Waals surface area (Å²) in [6.45, 7) is 0. The van der Waals surface area contributed by atoms with Gasteiger partial charge in [0, 0.05) is 11.5 Å². The largest absolute Gasteiger partial charge is 0.397 e. The maximum absolute atomic E-state index is 10.6. The normalized spacial score (nSPS) is 9.96. The van der Waals surface area contributed by atoms with E-state index in [1.807, 2.05) is 48.5 Å². The predicted octanol–water partition coefficient (Wildman–Crippen LogP) is 5.04. The number of benzene rings is 4. The number of nitrogens with two attached hydrogens (primary N) is 1. The fourth-order valence-corrected chi connectivity index (χ4v) is 2.76. The first-order valence-electron chi connectivity index (χ1n) is 7.91. The van der Waals surface area contributed by atoms with Crippen LogP contribution in [0.1, 0.15) is 5.56 Å². The Morgan fingerprint density at radius 2 is 1.38 bits per heavy atom. The molecule has 2 N–H and O–H groups in total. The third kappa shape index (κ3) is 3.30. The standard InChI is InChI=1S/C11H8N2.C10H7NO2/c12-7-9-6-5-8-3-1-2-4-10(8)11(9)13;12-11(13)10-7-3-5-8-4-1-2-6-9(8)10/h1-6H,13H2;1-7H. The average Bonchev–Trinajstić information content (AvgIpc) is 2.68. The molecule has 126 valence electrons. The van der Waals surface area contributed by atoms with Gasteiger partial charge >= 0.3 is 0 Å². The van der Waals surface area contributed by atoms with E-state index in [1.165, 1.54) is 6.07 Å². The molecule has 4 rings (SSSR count). The van der Waals surface area contributed by atoms with Crippen LogP contribution in [0.5, 0.6) is 0 Å². The highest BCUT2D eigenvalue weighted by molar-refractivity contribution is 5.95. The summed E-state index contributed by atoms with van der Waals surface area (Å²) in [4.78, 5) is 10.3. The van der Waals surface area contributed by atoms with E-state index in [0.717, 1.165) is 16.2 Å². The molecule has 0 unspecified atom stereocenters. The second-order valence-corrected chi connectivity index (χ2v) is 5.62. The maximum Gasteiger partial charge on any atom is 0.277 e. The van der Waals surface area contributed by atoms with Crippen molar-refractivity contribution < 1.29 is 4.92 Å². The van der Waals surface area contributed by atoms with Gasteiger partial charge in [-0.2, -0.15) is 5.26 Å². The number of hydrogen-bond acceptors (Lipinski definition) is 4. The molecule has 0 atom stereocenters. The summed E-state index contributed by atoms with van der Waals surface area (Å²) in [5, 5.41) is 23.0. The number of anilines is 1. The van der Waals surface area contributed by atoms with Crippen LogP contribution in [0.2, 0.25) is 0 Å². The lowest BCUT2D eigenvalue weighted by atomic mass is 10.1. The van der Waals surface area contributed by atoms with Crippen molar-refractivity contribution in [3.05, 3.63) is 94.5 Å². The van der Waals surface area contributed by atoms with Crippen LogP contribution < -0.4 is 5.73 Å². The van der Waals surface area contributed by atoms with Crippen molar-refractivity contribution in [3.8, 4) is 6.07 Å². The Labute approximate surface area is 150 Å². The minimum atomic E-state index is -0.359. The van der Waals surface area contributed by atoms with Crippen molar-refractivity contribution in [2.24, 2.45) is 0 Å². The first-order chi connectivity index (χ1) is 12.6. The van der Waals surface area contributed by atoms with Gasteiger partial charge < -0.3 is 5.73 Å². The van der Waals surface area contributed by atoms with E-state index in [9.17, 15) is 10.1 Å². The summed E-state index contributed by atoms with van der Waals surface area (Å²) < 4.78 is 0. The van der Waals surface area contributed by atoms with Crippen molar-refractivity contribution in [2.45, 2.75) is 0 Å². The van der Waals surface area contributed by atoms with Gasteiger partial charge in [0.25, 0.3) is 5.69 Å². The van der Waals surface area contributed by atoms with Gasteiger partial charge in [-0.25, -0.2) is 0 Å². The van der Waals surface area contributed by atoms with E-state index in [-0.39, 0.29) is 10.6 Å². The molecule has 0 aromatic heterocycles. The lowest BCUT2D eigenvalue weighted by Crippen LogP contribution is -1.91. The second-order valence-electron chi connectivity index (χ2n) is 5.62. The van der Waals surface area contributed by atoms with Gasteiger partial charge in [-0.15, -0.1) is 0 Å². The van der Waals surface area contributed by atoms with Crippen molar-refractivity contribution >= 4 is 32.9 Å². The zero-order valence-electron chi connectivity index (χ0n) is 13.8. The zero-order valence-corrected chi connectivity index (χ0v) is 13.8. The number of nitro groups is 1. The quantitative estimate of drug-likeness (QED) is 0.298. The molecule has 0 saturated carbocycles. The third-order valence-corrected chi connectivity index (χ3v) is 4.05. The molecule has 5 heteroatoms. The van der Waals surface area contributed by atoms with Crippen LogP contribution in [0, 0.1) is 21.4 Å². The molecular weight excluding hydrogens is 326 g/mol. The fourth-order valence-electron chi connectivity index (χ4n) is 2.76. The van der Waals surface area contributed by atoms with Gasteiger partial charge in [-0.1, -0.05) is 60.7 Å². The highest BCUT2D eigenvalue weighted by atomic mass is 16.6. The van der Waals surface area contributed by atoms with Crippen LogP contribution in [0.15, 0.2) is 78.9 Å². The number of non-ortho nitro benzene ring substituents is 1. The minimum Gasteiger partial charge on any atom is -0.397 e. The molecule has 0 aliphatic rings. The summed E-state index contributed by atoms with van der Waals surface area (Å²) >= 11 is 0. The summed E-state index contributed by atoms with van der Waals surface area (Å²) in [5.74, 6) is 0. The second kappa shape index (κ2) is 7.32. The molecule has 26 heavy (non-hydrogen) atoms. The first kappa shape index (κ1) is 16.9. The van der Waals surface area contributed by atoms with Crippen molar-refractivity contribution in [2.75, 3.05) is 5.73 Å². The third-order valence-electron chi connectivity index (χ3n) is 4.05. The van der Waals surface area contributed by atoms with Gasteiger partial charge in [-0.05, 0) is 22.9 Å². The fraction of sp³-hybridized carbons (Fsp3) is 0. The Morgan fingerprint density at radius 1 is 0.808 bits per heavy atom. The molecule has 0 aliphatic carbocycles. The number of nitriles is 1. The van der Waals surface area contributed by atoms with Crippen LogP contribution >= 0.6 is 0 Å². The molecule has 0 radical (unpaired) electrons. The van der Waals surface area contributed by atoms with E-state index in [0.29, 0.717) is 16.6 Å². The minimum absolute atomic E-state index is 0.165. The first-order valence-corrected chi connectivity index (χ1v) is 7.91. The summed E-state index contributed by atoms with van der Waals surface area (Å²) in [7, 11) is 0. The maximum atomic E-state index is 10.6. The molecule has 0 spiro atoms. The Bertz CT molecular complexity index is 1140. The Balaban J connectivity index is 0.000000151. The van der Waals surface area contributed by atoms with Gasteiger partial charge in [-0.3, -0.25) is 10.1 Å². The van der Waals surface area contributed by atoms with E-state index in [1.54, 1.807) is 24.3 Å². The summed E-state index contributed by atoms with van der Waals surface area (Å²) in [5.41, 5.74) is 7.08. The van der Waals surface area contributed by atoms with Crippen molar-refractivity contribution in [1.29, 1.82) is 5.26 Å². The molecule has 0 amide bonds. The van der Waals surface area contributed by atoms with Crippen LogP contribution in [0.3, 0.4) is 0 Å². The van der Waals surface area contributed by atoms with Crippen molar-refractivity contribution in [1.82, 2.24) is 0 Å². The lowest BCUT2D eigenvalue weighted by molar-refractivity contribution is -0.383. The molecule has 0 aliphatic heterocycles. The lowest BCUT2D eigenvalue weighted by Gasteiger charge is -2.02. The smallest absolute Gasteiger partial charge is 0.277 e. The summed E-state index contributed by atoms with van der Waals surface area (Å²) in [6, 6.07) is 25.9. The van der Waals surface area contributed by atoms with Gasteiger partial charge in [0.1, 0.15) is 6.07 Å². The van der Waals surface area contributed by atoms with E-state index < -0.39 is 0 Å². The monoisotopic (exact) mass is 341 g/mol. The number of hydrogen-bond donors (Lipinski definition) is 1. The van der Waals surface area contributed by atoms with E-state index >= 15 is 0 Å². The van der Waals surface area contributed by atoms with Crippen LogP contribution in [-0.2, 0) is 0 Å². The van der Waals surface area contributed by atoms with Crippen LogP contribution in [0.25, 0.3) is 21.5 Å². The van der Waals surface area contributed by atoms with E-state index in [2.05, 4.69) is 6.07 Å². The molecule has 4 aromatic rings. The number of nitrogen functional groups attached to an aromatic ring is 1. The van der Waals surface area contributed by atoms with E-state index in [4.69, 9.17) is 11.0 Å². The summed E-state index contributed by atoms with van der Waals surface area (Å²) in [6.07, 6.45) is 0. The SMILES string of the molecule is N#Cc1ccc2ccccc2c1N.O=[N+]([O-])c1cccc2ccccc12. The van der Waals surface area contributed by atoms with Crippen molar-refractivity contribution in [3.63, 3.8) is 0 Å². The van der Waals surface area contributed by atoms with Crippen LogP contribution in [-0.4, -0.2) is 4.92 Å². The molecule has 0 fully saturated rings. The number of fused-ring (bicyclic) bond motifs is 2. The van der Waals surface area contributed by atoms with Gasteiger partial charge in [0.05, 0.1) is 21.6 Å². The molecule has 5 nitrogen and oxygen atoms in total. The highest BCUT2D eigenvalue weighted by Gasteiger charge is 2.08. The predicted molar refractivity (Wildman–Crippen MR) is 104 cm³/mol. The molecule has 0 saturated heterocycles. The van der Waals surface area contributed by atoms with Gasteiger partial charge in [0.2, 0.25) is 0 Å². The van der Waals surface area contributed by atoms with Crippen LogP contribution in [0.4, 0.5) is 11.4 Å². The Kier molecular flexibility index (Phi) is 4.77. The highest BCUT2D eigenvalue weighted by Crippen LogP contribution is 2.25. The average molecular weight is 341 g/mol. The van der Waals surface area contributed by atoms with Gasteiger partial charge in [0.15, 0.2) is 0 Å². The molecular formula is C21H15N3O2.